The van der Waals surface area contributed by atoms with Crippen molar-refractivity contribution in [2.24, 2.45) is 0 Å². The predicted molar refractivity (Wildman–Crippen MR) is 104 cm³/mol. The maximum atomic E-state index is 12.3. The van der Waals surface area contributed by atoms with Crippen LogP contribution in [0.1, 0.15) is 15.9 Å². The molecule has 0 bridgehead atoms. The van der Waals surface area contributed by atoms with Crippen molar-refractivity contribution in [2.45, 2.75) is 0 Å². The lowest BCUT2D eigenvalue weighted by Gasteiger charge is -2.26. The molecule has 29 heavy (non-hydrogen) atoms. The number of ketones is 1. The summed E-state index contributed by atoms with van der Waals surface area (Å²) in [6, 6.07) is 16.7. The van der Waals surface area contributed by atoms with Gasteiger partial charge < -0.3 is 19.7 Å². The highest BCUT2D eigenvalue weighted by molar-refractivity contribution is 6.27. The fourth-order valence-electron chi connectivity index (χ4n) is 2.58. The number of morpholine rings is 1. The summed E-state index contributed by atoms with van der Waals surface area (Å²) >= 11 is 0. The fraction of sp³-hybridized carbons (Fsp3) is 0.286. The second kappa shape index (κ2) is 11.6. The molecule has 0 spiro atoms. The molecule has 1 saturated heterocycles. The first-order valence-corrected chi connectivity index (χ1v) is 9.06. The fourth-order valence-corrected chi connectivity index (χ4v) is 2.58. The number of hydrogen-bond acceptors (Lipinski definition) is 6. The Hall–Kier alpha value is -3.23. The largest absolute Gasteiger partial charge is 0.492 e. The summed E-state index contributed by atoms with van der Waals surface area (Å²) in [5.41, 5.74) is 1.38. The molecule has 1 heterocycles. The van der Waals surface area contributed by atoms with Gasteiger partial charge in [-0.15, -0.1) is 0 Å². The van der Waals surface area contributed by atoms with Crippen molar-refractivity contribution in [1.29, 1.82) is 0 Å². The molecule has 3 rings (SSSR count). The van der Waals surface area contributed by atoms with Crippen LogP contribution in [0.5, 0.6) is 5.75 Å². The van der Waals surface area contributed by atoms with Crippen LogP contribution in [0.3, 0.4) is 0 Å². The minimum atomic E-state index is -1.82. The maximum Gasteiger partial charge on any atom is 0.414 e. The van der Waals surface area contributed by atoms with Gasteiger partial charge >= 0.3 is 11.9 Å². The van der Waals surface area contributed by atoms with Crippen LogP contribution in [0.25, 0.3) is 0 Å². The summed E-state index contributed by atoms with van der Waals surface area (Å²) in [7, 11) is 0. The van der Waals surface area contributed by atoms with E-state index in [4.69, 9.17) is 29.3 Å². The molecule has 1 fully saturated rings. The molecule has 1 aliphatic heterocycles. The Balaban J connectivity index is 0.000000438. The molecular weight excluding hydrogens is 378 g/mol. The molecular formula is C21H23NO7. The zero-order chi connectivity index (χ0) is 21.1. The highest BCUT2D eigenvalue weighted by atomic mass is 16.5. The van der Waals surface area contributed by atoms with Crippen LogP contribution in [0, 0.1) is 0 Å². The Labute approximate surface area is 168 Å². The topological polar surface area (TPSA) is 113 Å². The number of aliphatic carboxylic acids is 2. The van der Waals surface area contributed by atoms with E-state index in [0.29, 0.717) is 17.7 Å². The number of hydrogen-bond donors (Lipinski definition) is 2. The van der Waals surface area contributed by atoms with Gasteiger partial charge in [0.2, 0.25) is 0 Å². The Morgan fingerprint density at radius 2 is 1.41 bits per heavy atom. The lowest BCUT2D eigenvalue weighted by Crippen LogP contribution is -2.38. The first kappa shape index (κ1) is 22.1. The summed E-state index contributed by atoms with van der Waals surface area (Å²) in [5, 5.41) is 14.8. The number of carbonyl (C=O) groups is 3. The van der Waals surface area contributed by atoms with Gasteiger partial charge in [-0.25, -0.2) is 9.59 Å². The SMILES string of the molecule is O=C(O)C(=O)O.O=C(c1ccccc1)c1ccc(OCCN2CCOCC2)cc1. The Kier molecular flexibility index (Phi) is 8.81. The average Bonchev–Trinajstić information content (AvgIpc) is 2.75. The van der Waals surface area contributed by atoms with Crippen molar-refractivity contribution in [2.75, 3.05) is 39.5 Å². The lowest BCUT2D eigenvalue weighted by molar-refractivity contribution is -0.159. The van der Waals surface area contributed by atoms with Crippen molar-refractivity contribution >= 4 is 17.7 Å². The molecule has 2 aromatic carbocycles. The summed E-state index contributed by atoms with van der Waals surface area (Å²) in [6.07, 6.45) is 0. The van der Waals surface area contributed by atoms with Crippen LogP contribution in [0.2, 0.25) is 0 Å². The van der Waals surface area contributed by atoms with Gasteiger partial charge in [0, 0.05) is 30.8 Å². The van der Waals surface area contributed by atoms with Crippen molar-refractivity contribution in [3.05, 3.63) is 65.7 Å². The summed E-state index contributed by atoms with van der Waals surface area (Å²) in [6.45, 7) is 5.08. The average molecular weight is 401 g/mol. The molecule has 0 unspecified atom stereocenters. The first-order chi connectivity index (χ1) is 14.0. The molecule has 0 atom stereocenters. The number of rotatable bonds is 6. The third kappa shape index (κ3) is 7.73. The quantitative estimate of drug-likeness (QED) is 0.556. The maximum absolute atomic E-state index is 12.3. The normalized spacial score (nSPS) is 13.7. The van der Waals surface area contributed by atoms with E-state index in [0.717, 1.165) is 38.6 Å². The van der Waals surface area contributed by atoms with Crippen molar-refractivity contribution in [3.63, 3.8) is 0 Å². The standard InChI is InChI=1S/C19H21NO3.C2H2O4/c21-19(16-4-2-1-3-5-16)17-6-8-18(9-7-17)23-15-12-20-10-13-22-14-11-20;3-1(4)2(5)6/h1-9H,10-15H2;(H,3,4)(H,5,6). The van der Waals surface area contributed by atoms with E-state index in [2.05, 4.69) is 4.90 Å². The second-order valence-electron chi connectivity index (χ2n) is 6.13. The van der Waals surface area contributed by atoms with E-state index in [9.17, 15) is 4.79 Å². The molecule has 0 aliphatic carbocycles. The third-order valence-corrected chi connectivity index (χ3v) is 4.12. The first-order valence-electron chi connectivity index (χ1n) is 9.06. The number of carboxylic acids is 2. The second-order valence-corrected chi connectivity index (χ2v) is 6.13. The molecule has 0 saturated carbocycles. The minimum Gasteiger partial charge on any atom is -0.492 e. The Morgan fingerprint density at radius 1 is 0.862 bits per heavy atom. The highest BCUT2D eigenvalue weighted by Gasteiger charge is 2.11. The third-order valence-electron chi connectivity index (χ3n) is 4.12. The summed E-state index contributed by atoms with van der Waals surface area (Å²) in [5.74, 6) is -2.82. The molecule has 0 aromatic heterocycles. The molecule has 8 heteroatoms. The van der Waals surface area contributed by atoms with Gasteiger partial charge in [0.1, 0.15) is 12.4 Å². The molecule has 1 aliphatic rings. The minimum absolute atomic E-state index is 0.0328. The van der Waals surface area contributed by atoms with E-state index >= 15 is 0 Å². The van der Waals surface area contributed by atoms with Crippen LogP contribution in [-0.4, -0.2) is 72.3 Å². The van der Waals surface area contributed by atoms with Gasteiger partial charge in [-0.05, 0) is 24.3 Å². The number of carbonyl (C=O) groups excluding carboxylic acids is 1. The molecule has 154 valence electrons. The highest BCUT2D eigenvalue weighted by Crippen LogP contribution is 2.15. The van der Waals surface area contributed by atoms with Gasteiger partial charge in [-0.2, -0.15) is 0 Å². The van der Waals surface area contributed by atoms with Gasteiger partial charge in [0.15, 0.2) is 5.78 Å². The summed E-state index contributed by atoms with van der Waals surface area (Å²) < 4.78 is 11.1. The molecule has 0 amide bonds. The smallest absolute Gasteiger partial charge is 0.414 e. The number of ether oxygens (including phenoxy) is 2. The van der Waals surface area contributed by atoms with Crippen LogP contribution in [0.15, 0.2) is 54.6 Å². The lowest BCUT2D eigenvalue weighted by atomic mass is 10.0. The van der Waals surface area contributed by atoms with Gasteiger partial charge in [0.05, 0.1) is 13.2 Å². The molecule has 0 radical (unpaired) electrons. The van der Waals surface area contributed by atoms with Crippen molar-refractivity contribution < 1.29 is 34.1 Å². The zero-order valence-electron chi connectivity index (χ0n) is 15.8. The Morgan fingerprint density at radius 3 is 1.97 bits per heavy atom. The van der Waals surface area contributed by atoms with E-state index in [1.165, 1.54) is 0 Å². The predicted octanol–water partition coefficient (Wildman–Crippen LogP) is 1.78. The summed E-state index contributed by atoms with van der Waals surface area (Å²) in [4.78, 5) is 32.8. The monoisotopic (exact) mass is 401 g/mol. The van der Waals surface area contributed by atoms with Crippen molar-refractivity contribution in [3.8, 4) is 5.75 Å². The van der Waals surface area contributed by atoms with Crippen LogP contribution < -0.4 is 4.74 Å². The van der Waals surface area contributed by atoms with E-state index < -0.39 is 11.9 Å². The Bertz CT molecular complexity index is 788. The van der Waals surface area contributed by atoms with Gasteiger partial charge in [0.25, 0.3) is 0 Å². The molecule has 2 N–H and O–H groups in total. The van der Waals surface area contributed by atoms with Crippen molar-refractivity contribution in [1.82, 2.24) is 4.90 Å². The number of nitrogens with zero attached hydrogens (tertiary/aromatic N) is 1. The van der Waals surface area contributed by atoms with E-state index in [1.807, 2.05) is 54.6 Å². The van der Waals surface area contributed by atoms with E-state index in [1.54, 1.807) is 0 Å². The van der Waals surface area contributed by atoms with Crippen LogP contribution in [-0.2, 0) is 14.3 Å². The molecule has 8 nitrogen and oxygen atoms in total. The molecule has 2 aromatic rings. The van der Waals surface area contributed by atoms with Gasteiger partial charge in [-0.1, -0.05) is 30.3 Å². The van der Waals surface area contributed by atoms with Crippen LogP contribution in [0.4, 0.5) is 0 Å². The van der Waals surface area contributed by atoms with E-state index in [-0.39, 0.29) is 5.78 Å². The van der Waals surface area contributed by atoms with Crippen LogP contribution >= 0.6 is 0 Å². The number of benzene rings is 2. The number of carboxylic acid groups (broad SMARTS) is 2. The van der Waals surface area contributed by atoms with Gasteiger partial charge in [-0.3, -0.25) is 9.69 Å². The zero-order valence-corrected chi connectivity index (χ0v) is 15.8.